The average molecular weight is 322 g/mol. The van der Waals surface area contributed by atoms with Crippen molar-refractivity contribution < 1.29 is 24.2 Å². The molecule has 2 amide bonds. The van der Waals surface area contributed by atoms with E-state index in [9.17, 15) is 14.4 Å². The van der Waals surface area contributed by atoms with E-state index in [4.69, 9.17) is 9.84 Å². The van der Waals surface area contributed by atoms with Crippen LogP contribution in [0.4, 0.5) is 4.79 Å². The fourth-order valence-corrected chi connectivity index (χ4v) is 1.77. The lowest BCUT2D eigenvalue weighted by Gasteiger charge is -2.32. The van der Waals surface area contributed by atoms with Gasteiger partial charge in [0.2, 0.25) is 5.91 Å². The molecule has 126 valence electrons. The smallest absolute Gasteiger partial charge is 0.408 e. The summed E-state index contributed by atoms with van der Waals surface area (Å²) in [5, 5.41) is 13.4. The number of nitrogens with one attached hydrogen (secondary N) is 2. The summed E-state index contributed by atoms with van der Waals surface area (Å²) in [5.74, 6) is -2.00. The van der Waals surface area contributed by atoms with Crippen molar-refractivity contribution in [2.45, 2.75) is 32.9 Å². The highest BCUT2D eigenvalue weighted by Crippen LogP contribution is 2.17. The SMILES string of the molecule is CC(C)[C@](C)(NC(=O)OCc1ccccc1)C(=O)NCC(=O)O. The molecule has 1 aromatic carbocycles. The fourth-order valence-electron chi connectivity index (χ4n) is 1.77. The Morgan fingerprint density at radius 3 is 2.35 bits per heavy atom. The molecule has 23 heavy (non-hydrogen) atoms. The molecule has 0 unspecified atom stereocenters. The zero-order valence-electron chi connectivity index (χ0n) is 13.5. The third-order valence-corrected chi connectivity index (χ3v) is 3.60. The Bertz CT molecular complexity index is 559. The molecule has 0 saturated carbocycles. The average Bonchev–Trinajstić information content (AvgIpc) is 2.51. The zero-order chi connectivity index (χ0) is 17.5. The molecule has 0 radical (unpaired) electrons. The van der Waals surface area contributed by atoms with Gasteiger partial charge in [-0.05, 0) is 18.4 Å². The molecular formula is C16H22N2O5. The molecule has 1 aromatic rings. The van der Waals surface area contributed by atoms with Crippen LogP contribution >= 0.6 is 0 Å². The first-order chi connectivity index (χ1) is 10.8. The first kappa shape index (κ1) is 18.5. The van der Waals surface area contributed by atoms with E-state index in [1.165, 1.54) is 6.92 Å². The van der Waals surface area contributed by atoms with Crippen molar-refractivity contribution in [3.63, 3.8) is 0 Å². The first-order valence-electron chi connectivity index (χ1n) is 7.24. The number of carboxylic acid groups (broad SMARTS) is 1. The zero-order valence-corrected chi connectivity index (χ0v) is 13.5. The van der Waals surface area contributed by atoms with E-state index in [2.05, 4.69) is 10.6 Å². The van der Waals surface area contributed by atoms with Crippen LogP contribution in [0.15, 0.2) is 30.3 Å². The monoisotopic (exact) mass is 322 g/mol. The number of amides is 2. The van der Waals surface area contributed by atoms with Gasteiger partial charge in [-0.3, -0.25) is 9.59 Å². The van der Waals surface area contributed by atoms with Gasteiger partial charge in [0.15, 0.2) is 0 Å². The van der Waals surface area contributed by atoms with Gasteiger partial charge in [0.05, 0.1) is 0 Å². The van der Waals surface area contributed by atoms with E-state index in [1.807, 2.05) is 30.3 Å². The van der Waals surface area contributed by atoms with Gasteiger partial charge >= 0.3 is 12.1 Å². The van der Waals surface area contributed by atoms with E-state index >= 15 is 0 Å². The lowest BCUT2D eigenvalue weighted by atomic mass is 9.87. The van der Waals surface area contributed by atoms with Crippen LogP contribution in [-0.4, -0.2) is 35.2 Å². The molecule has 1 rings (SSSR count). The van der Waals surface area contributed by atoms with Crippen molar-refractivity contribution in [1.29, 1.82) is 0 Å². The van der Waals surface area contributed by atoms with Gasteiger partial charge in [0.25, 0.3) is 0 Å². The third-order valence-electron chi connectivity index (χ3n) is 3.60. The number of rotatable bonds is 7. The number of ether oxygens (including phenoxy) is 1. The Hall–Kier alpha value is -2.57. The molecular weight excluding hydrogens is 300 g/mol. The Kier molecular flexibility index (Phi) is 6.56. The minimum absolute atomic E-state index is 0.0809. The highest BCUT2D eigenvalue weighted by molar-refractivity contribution is 5.91. The molecule has 1 atom stereocenters. The summed E-state index contributed by atoms with van der Waals surface area (Å²) in [7, 11) is 0. The number of hydrogen-bond acceptors (Lipinski definition) is 4. The number of alkyl carbamates (subject to hydrolysis) is 1. The molecule has 0 aliphatic rings. The number of hydrogen-bond donors (Lipinski definition) is 3. The number of benzene rings is 1. The van der Waals surface area contributed by atoms with Gasteiger partial charge in [-0.2, -0.15) is 0 Å². The van der Waals surface area contributed by atoms with Crippen molar-refractivity contribution in [2.75, 3.05) is 6.54 Å². The summed E-state index contributed by atoms with van der Waals surface area (Å²) in [5.41, 5.74) is -0.451. The van der Waals surface area contributed by atoms with Gasteiger partial charge in [-0.1, -0.05) is 44.2 Å². The third kappa shape index (κ3) is 5.61. The van der Waals surface area contributed by atoms with Crippen LogP contribution < -0.4 is 10.6 Å². The summed E-state index contributed by atoms with van der Waals surface area (Å²) in [6, 6.07) is 9.14. The molecule has 7 heteroatoms. The van der Waals surface area contributed by atoms with Crippen LogP contribution in [0.5, 0.6) is 0 Å². The summed E-state index contributed by atoms with van der Waals surface area (Å²) in [4.78, 5) is 34.7. The molecule has 7 nitrogen and oxygen atoms in total. The molecule has 0 aliphatic heterocycles. The van der Waals surface area contributed by atoms with Crippen molar-refractivity contribution in [1.82, 2.24) is 10.6 Å². The number of carboxylic acids is 1. The van der Waals surface area contributed by atoms with Crippen molar-refractivity contribution >= 4 is 18.0 Å². The molecule has 0 saturated heterocycles. The predicted molar refractivity (Wildman–Crippen MR) is 83.7 cm³/mol. The topological polar surface area (TPSA) is 105 Å². The molecule has 0 aromatic heterocycles. The van der Waals surface area contributed by atoms with Crippen LogP contribution in [0, 0.1) is 5.92 Å². The summed E-state index contributed by atoms with van der Waals surface area (Å²) < 4.78 is 5.10. The Morgan fingerprint density at radius 1 is 1.22 bits per heavy atom. The standard InChI is InChI=1S/C16H22N2O5/c1-11(2)16(3,14(21)17-9-13(19)20)18-15(22)23-10-12-7-5-4-6-8-12/h4-8,11H,9-10H2,1-3H3,(H,17,21)(H,18,22)(H,19,20)/t16-/m0/s1. The molecule has 0 heterocycles. The lowest BCUT2D eigenvalue weighted by molar-refractivity contribution is -0.139. The van der Waals surface area contributed by atoms with Crippen LogP contribution in [-0.2, 0) is 20.9 Å². The maximum atomic E-state index is 12.2. The number of aliphatic carboxylic acids is 1. The van der Waals surface area contributed by atoms with Gasteiger partial charge in [-0.15, -0.1) is 0 Å². The highest BCUT2D eigenvalue weighted by Gasteiger charge is 2.38. The van der Waals surface area contributed by atoms with Crippen LogP contribution in [0.25, 0.3) is 0 Å². The minimum atomic E-state index is -1.27. The Labute approximate surface area is 135 Å². The normalized spacial score (nSPS) is 13.0. The lowest BCUT2D eigenvalue weighted by Crippen LogP contribution is -2.60. The summed E-state index contributed by atoms with van der Waals surface area (Å²) >= 11 is 0. The second-order valence-corrected chi connectivity index (χ2v) is 5.62. The molecule has 0 aliphatic carbocycles. The highest BCUT2D eigenvalue weighted by atomic mass is 16.5. The van der Waals surface area contributed by atoms with Gasteiger partial charge in [-0.25, -0.2) is 4.79 Å². The van der Waals surface area contributed by atoms with Crippen molar-refractivity contribution in [2.24, 2.45) is 5.92 Å². The van der Waals surface area contributed by atoms with Crippen LogP contribution in [0.3, 0.4) is 0 Å². The van der Waals surface area contributed by atoms with Gasteiger partial charge in [0, 0.05) is 0 Å². The van der Waals surface area contributed by atoms with Crippen molar-refractivity contribution in [3.8, 4) is 0 Å². The van der Waals surface area contributed by atoms with Crippen LogP contribution in [0.1, 0.15) is 26.3 Å². The second kappa shape index (κ2) is 8.17. The van der Waals surface area contributed by atoms with Gasteiger partial charge in [0.1, 0.15) is 18.7 Å². The maximum Gasteiger partial charge on any atom is 0.408 e. The van der Waals surface area contributed by atoms with Gasteiger partial charge < -0.3 is 20.5 Å². The molecule has 3 N–H and O–H groups in total. The Morgan fingerprint density at radius 2 is 1.83 bits per heavy atom. The summed E-state index contributed by atoms with van der Waals surface area (Å²) in [6.07, 6.45) is -0.740. The first-order valence-corrected chi connectivity index (χ1v) is 7.24. The fraction of sp³-hybridized carbons (Fsp3) is 0.438. The molecule has 0 fully saturated rings. The maximum absolute atomic E-state index is 12.2. The van der Waals surface area contributed by atoms with E-state index in [0.717, 1.165) is 5.56 Å². The minimum Gasteiger partial charge on any atom is -0.480 e. The molecule has 0 bridgehead atoms. The van der Waals surface area contributed by atoms with E-state index in [-0.39, 0.29) is 12.5 Å². The second-order valence-electron chi connectivity index (χ2n) is 5.62. The molecule has 0 spiro atoms. The number of carbonyl (C=O) groups is 3. The Balaban J connectivity index is 2.65. The number of carbonyl (C=O) groups excluding carboxylic acids is 2. The van der Waals surface area contributed by atoms with E-state index in [0.29, 0.717) is 0 Å². The van der Waals surface area contributed by atoms with Crippen molar-refractivity contribution in [3.05, 3.63) is 35.9 Å². The van der Waals surface area contributed by atoms with E-state index in [1.54, 1.807) is 13.8 Å². The van der Waals surface area contributed by atoms with E-state index < -0.39 is 30.1 Å². The summed E-state index contributed by atoms with van der Waals surface area (Å²) in [6.45, 7) is 4.59. The van der Waals surface area contributed by atoms with Crippen LogP contribution in [0.2, 0.25) is 0 Å². The quantitative estimate of drug-likeness (QED) is 0.706. The predicted octanol–water partition coefficient (Wildman–Crippen LogP) is 1.53. The largest absolute Gasteiger partial charge is 0.480 e.